The van der Waals surface area contributed by atoms with Gasteiger partial charge in [-0.25, -0.2) is 9.37 Å². The topological polar surface area (TPSA) is 84.1 Å². The Labute approximate surface area is 162 Å². The average Bonchev–Trinajstić information content (AvgIpc) is 3.53. The van der Waals surface area contributed by atoms with Gasteiger partial charge in [-0.3, -0.25) is 9.59 Å². The van der Waals surface area contributed by atoms with Gasteiger partial charge < -0.3 is 15.0 Å². The van der Waals surface area contributed by atoms with Gasteiger partial charge in [-0.05, 0) is 49.3 Å². The number of halogens is 4. The Morgan fingerprint density at radius 2 is 1.93 bits per heavy atom. The Kier molecular flexibility index (Phi) is 4.79. The molecule has 0 radical (unpaired) electrons. The summed E-state index contributed by atoms with van der Waals surface area (Å²) >= 11 is 0. The van der Waals surface area contributed by atoms with Crippen molar-refractivity contribution in [1.82, 2.24) is 15.3 Å². The largest absolute Gasteiger partial charge is 0.573 e. The molecule has 1 aromatic heterocycles. The summed E-state index contributed by atoms with van der Waals surface area (Å²) in [5.41, 5.74) is -0.159. The highest BCUT2D eigenvalue weighted by atomic mass is 19.4. The number of aromatic nitrogens is 2. The van der Waals surface area contributed by atoms with Crippen LogP contribution in [0.15, 0.2) is 29.1 Å². The van der Waals surface area contributed by atoms with Gasteiger partial charge in [0.25, 0.3) is 11.5 Å². The molecular formula is C19H17F4N3O3. The van der Waals surface area contributed by atoms with Crippen LogP contribution in [0.1, 0.15) is 59.5 Å². The first kappa shape index (κ1) is 19.4. The van der Waals surface area contributed by atoms with E-state index in [0.29, 0.717) is 11.4 Å². The van der Waals surface area contributed by atoms with Crippen LogP contribution >= 0.6 is 0 Å². The third-order valence-electron chi connectivity index (χ3n) is 4.88. The zero-order valence-electron chi connectivity index (χ0n) is 15.1. The van der Waals surface area contributed by atoms with Gasteiger partial charge in [0, 0.05) is 12.0 Å². The summed E-state index contributed by atoms with van der Waals surface area (Å²) in [6.45, 7) is 0. The van der Waals surface area contributed by atoms with Crippen molar-refractivity contribution >= 4 is 5.91 Å². The lowest BCUT2D eigenvalue weighted by Gasteiger charge is -2.20. The van der Waals surface area contributed by atoms with Crippen molar-refractivity contribution in [3.8, 4) is 5.75 Å². The number of nitrogens with one attached hydrogen (secondary N) is 2. The van der Waals surface area contributed by atoms with Gasteiger partial charge in [-0.2, -0.15) is 0 Å². The third-order valence-corrected chi connectivity index (χ3v) is 4.88. The number of benzene rings is 1. The molecule has 1 aromatic carbocycles. The Balaban J connectivity index is 1.55. The summed E-state index contributed by atoms with van der Waals surface area (Å²) in [6, 6.07) is 3.57. The van der Waals surface area contributed by atoms with E-state index in [0.717, 1.165) is 43.9 Å². The van der Waals surface area contributed by atoms with E-state index >= 15 is 0 Å². The first-order valence-electron chi connectivity index (χ1n) is 9.17. The van der Waals surface area contributed by atoms with Crippen molar-refractivity contribution in [3.63, 3.8) is 0 Å². The summed E-state index contributed by atoms with van der Waals surface area (Å²) in [7, 11) is 0. The molecule has 0 spiro atoms. The van der Waals surface area contributed by atoms with E-state index in [4.69, 9.17) is 0 Å². The fourth-order valence-corrected chi connectivity index (χ4v) is 3.18. The van der Waals surface area contributed by atoms with Crippen LogP contribution in [0.2, 0.25) is 0 Å². The van der Waals surface area contributed by atoms with Gasteiger partial charge in [0.2, 0.25) is 0 Å². The van der Waals surface area contributed by atoms with Crippen LogP contribution in [-0.2, 0) is 0 Å². The minimum Gasteiger partial charge on any atom is -0.403 e. The second-order valence-electron chi connectivity index (χ2n) is 7.32. The Bertz CT molecular complexity index is 997. The van der Waals surface area contributed by atoms with Crippen LogP contribution in [0, 0.1) is 11.7 Å². The number of aromatic amines is 1. The first-order valence-corrected chi connectivity index (χ1v) is 9.17. The van der Waals surface area contributed by atoms with E-state index in [2.05, 4.69) is 20.0 Å². The third kappa shape index (κ3) is 4.75. The molecule has 2 saturated carbocycles. The number of ether oxygens (including phenoxy) is 1. The van der Waals surface area contributed by atoms with Gasteiger partial charge in [0.15, 0.2) is 11.6 Å². The molecule has 0 saturated heterocycles. The maximum absolute atomic E-state index is 14.1. The van der Waals surface area contributed by atoms with Gasteiger partial charge >= 0.3 is 6.36 Å². The number of alkyl halides is 3. The van der Waals surface area contributed by atoms with Crippen LogP contribution < -0.4 is 15.6 Å². The van der Waals surface area contributed by atoms with Crippen molar-refractivity contribution in [3.05, 3.63) is 57.5 Å². The molecule has 1 amide bonds. The lowest BCUT2D eigenvalue weighted by molar-refractivity contribution is -0.275. The number of carbonyl (C=O) groups excluding carboxylic acids is 1. The SMILES string of the molecule is O=C(NC(c1ccc(OC(F)(F)F)c(F)c1)C1CC1)c1cc(=O)[nH]c(C2CC2)n1. The molecule has 2 fully saturated rings. The predicted molar refractivity (Wildman–Crippen MR) is 92.8 cm³/mol. The minimum absolute atomic E-state index is 0.0256. The summed E-state index contributed by atoms with van der Waals surface area (Å²) in [5.74, 6) is -2.07. The van der Waals surface area contributed by atoms with Crippen LogP contribution in [0.3, 0.4) is 0 Å². The minimum atomic E-state index is -5.00. The van der Waals surface area contributed by atoms with E-state index < -0.39 is 35.4 Å². The molecule has 2 aromatic rings. The van der Waals surface area contributed by atoms with Crippen molar-refractivity contribution in [2.75, 3.05) is 0 Å². The predicted octanol–water partition coefficient (Wildman–Crippen LogP) is 3.57. The van der Waals surface area contributed by atoms with E-state index in [-0.39, 0.29) is 17.5 Å². The molecule has 154 valence electrons. The van der Waals surface area contributed by atoms with Crippen molar-refractivity contribution in [2.45, 2.75) is 44.0 Å². The second-order valence-corrected chi connectivity index (χ2v) is 7.32. The summed E-state index contributed by atoms with van der Waals surface area (Å²) < 4.78 is 54.7. The second kappa shape index (κ2) is 7.16. The number of rotatable bonds is 6. The van der Waals surface area contributed by atoms with Gasteiger partial charge in [-0.1, -0.05) is 6.07 Å². The molecule has 1 heterocycles. The molecule has 4 rings (SSSR count). The summed E-state index contributed by atoms with van der Waals surface area (Å²) in [6.07, 6.45) is -1.65. The quantitative estimate of drug-likeness (QED) is 0.712. The number of amides is 1. The normalized spacial score (nSPS) is 17.7. The number of H-pyrrole nitrogens is 1. The smallest absolute Gasteiger partial charge is 0.403 e. The fraction of sp³-hybridized carbons (Fsp3) is 0.421. The molecule has 2 aliphatic carbocycles. The maximum atomic E-state index is 14.1. The molecule has 1 atom stereocenters. The molecule has 1 unspecified atom stereocenters. The highest BCUT2D eigenvalue weighted by molar-refractivity contribution is 5.92. The molecule has 6 nitrogen and oxygen atoms in total. The number of nitrogens with zero attached hydrogens (tertiary/aromatic N) is 1. The van der Waals surface area contributed by atoms with Gasteiger partial charge in [0.1, 0.15) is 11.5 Å². The van der Waals surface area contributed by atoms with Crippen molar-refractivity contribution in [2.24, 2.45) is 5.92 Å². The summed E-state index contributed by atoms with van der Waals surface area (Å²) in [5, 5.41) is 2.74. The zero-order valence-corrected chi connectivity index (χ0v) is 15.1. The van der Waals surface area contributed by atoms with E-state index in [1.807, 2.05) is 0 Å². The van der Waals surface area contributed by atoms with Crippen molar-refractivity contribution < 1.29 is 27.1 Å². The number of hydrogen-bond donors (Lipinski definition) is 2. The van der Waals surface area contributed by atoms with Crippen molar-refractivity contribution in [1.29, 1.82) is 0 Å². The van der Waals surface area contributed by atoms with Crippen LogP contribution in [-0.4, -0.2) is 22.2 Å². The van der Waals surface area contributed by atoms with E-state index in [1.165, 1.54) is 6.07 Å². The molecule has 29 heavy (non-hydrogen) atoms. The van der Waals surface area contributed by atoms with Crippen LogP contribution in [0.4, 0.5) is 17.6 Å². The zero-order chi connectivity index (χ0) is 20.8. The van der Waals surface area contributed by atoms with Gasteiger partial charge in [0.05, 0.1) is 6.04 Å². The van der Waals surface area contributed by atoms with Gasteiger partial charge in [-0.15, -0.1) is 13.2 Å². The lowest BCUT2D eigenvalue weighted by atomic mass is 10.0. The Morgan fingerprint density at radius 3 is 2.52 bits per heavy atom. The monoisotopic (exact) mass is 411 g/mol. The molecule has 0 bridgehead atoms. The summed E-state index contributed by atoms with van der Waals surface area (Å²) in [4.78, 5) is 31.3. The molecule has 2 N–H and O–H groups in total. The standard InChI is InChI=1S/C19H17F4N3O3/c20-12-7-11(5-6-14(12)29-19(21,22)23)16(9-1-2-9)26-18(28)13-8-15(27)25-17(24-13)10-3-4-10/h5-10,16H,1-4H2,(H,26,28)(H,24,25,27). The molecule has 2 aliphatic rings. The Hall–Kier alpha value is -2.91. The van der Waals surface area contributed by atoms with Crippen LogP contribution in [0.25, 0.3) is 0 Å². The molecular weight excluding hydrogens is 394 g/mol. The number of carbonyl (C=O) groups is 1. The van der Waals surface area contributed by atoms with Crippen LogP contribution in [0.5, 0.6) is 5.75 Å². The van der Waals surface area contributed by atoms with E-state index in [1.54, 1.807) is 0 Å². The highest BCUT2D eigenvalue weighted by Gasteiger charge is 2.36. The maximum Gasteiger partial charge on any atom is 0.573 e. The molecule has 10 heteroatoms. The molecule has 0 aliphatic heterocycles. The fourth-order valence-electron chi connectivity index (χ4n) is 3.18. The first-order chi connectivity index (χ1) is 13.7. The number of hydrogen-bond acceptors (Lipinski definition) is 4. The lowest BCUT2D eigenvalue weighted by Crippen LogP contribution is -2.32. The van der Waals surface area contributed by atoms with E-state index in [9.17, 15) is 27.2 Å². The average molecular weight is 411 g/mol. The highest BCUT2D eigenvalue weighted by Crippen LogP contribution is 2.42. The Morgan fingerprint density at radius 1 is 1.21 bits per heavy atom.